The van der Waals surface area contributed by atoms with E-state index in [0.717, 1.165) is 17.7 Å². The molecule has 0 heterocycles. The second kappa shape index (κ2) is 13.3. The van der Waals surface area contributed by atoms with Crippen molar-refractivity contribution < 1.29 is 45.9 Å². The Morgan fingerprint density at radius 3 is 2.41 bits per heavy atom. The predicted octanol–water partition coefficient (Wildman–Crippen LogP) is 2.35. The molecular weight excluding hydrogens is 569 g/mol. The molecule has 0 saturated heterocycles. The molecule has 15 heteroatoms. The van der Waals surface area contributed by atoms with E-state index >= 15 is 0 Å². The smallest absolute Gasteiger partial charge is 0.489 e. The zero-order chi connectivity index (χ0) is 31.2. The number of aryl methyl sites for hydroxylation is 1. The van der Waals surface area contributed by atoms with Gasteiger partial charge < -0.3 is 20.0 Å². The number of aliphatic hydroxyl groups is 1. The third kappa shape index (κ3) is 9.71. The van der Waals surface area contributed by atoms with Crippen molar-refractivity contribution in [1.29, 1.82) is 5.26 Å². The van der Waals surface area contributed by atoms with Gasteiger partial charge in [-0.25, -0.2) is 18.4 Å². The van der Waals surface area contributed by atoms with Gasteiger partial charge in [0.15, 0.2) is 0 Å². The van der Waals surface area contributed by atoms with E-state index in [-0.39, 0.29) is 35.8 Å². The van der Waals surface area contributed by atoms with Crippen molar-refractivity contribution in [3.05, 3.63) is 58.7 Å². The molecule has 0 fully saturated rings. The molecule has 0 radical (unpaired) electrons. The third-order valence-electron chi connectivity index (χ3n) is 5.72. The first-order valence-electron chi connectivity index (χ1n) is 12.2. The fraction of sp³-hybridized carbons (Fsp3) is 0.423. The molecule has 2 aromatic rings. The van der Waals surface area contributed by atoms with Crippen LogP contribution in [-0.4, -0.2) is 68.0 Å². The largest absolute Gasteiger partial charge is 0.493 e. The fourth-order valence-corrected chi connectivity index (χ4v) is 4.18. The van der Waals surface area contributed by atoms with E-state index in [4.69, 9.17) is 9.88 Å². The van der Waals surface area contributed by atoms with Crippen LogP contribution in [0.4, 0.5) is 13.2 Å². The highest BCUT2D eigenvalue weighted by Crippen LogP contribution is 2.24. The molecule has 0 unspecified atom stereocenters. The molecule has 41 heavy (non-hydrogen) atoms. The molecule has 11 nitrogen and oxygen atoms in total. The molecule has 1 amide bonds. The number of nitrogens with zero attached hydrogens (tertiary/aromatic N) is 2. The Bertz CT molecular complexity index is 1420. The Kier molecular flexibility index (Phi) is 10.9. The van der Waals surface area contributed by atoms with Gasteiger partial charge in [-0.3, -0.25) is 4.79 Å². The van der Waals surface area contributed by atoms with Crippen molar-refractivity contribution in [1.82, 2.24) is 10.4 Å². The number of hydrogen-bond acceptors (Lipinski definition) is 9. The number of hydrogen-bond donors (Lipinski definition) is 3. The van der Waals surface area contributed by atoms with Crippen molar-refractivity contribution in [2.24, 2.45) is 5.14 Å². The van der Waals surface area contributed by atoms with Crippen molar-refractivity contribution in [2.75, 3.05) is 19.7 Å². The van der Waals surface area contributed by atoms with Crippen molar-refractivity contribution in [2.45, 2.75) is 56.8 Å². The van der Waals surface area contributed by atoms with Crippen molar-refractivity contribution in [3.8, 4) is 11.8 Å². The first kappa shape index (κ1) is 33.5. The molecule has 1 atom stereocenters. The van der Waals surface area contributed by atoms with E-state index < -0.39 is 51.2 Å². The Hall–Kier alpha value is -3.71. The van der Waals surface area contributed by atoms with Gasteiger partial charge in [-0.05, 0) is 69.5 Å². The zero-order valence-electron chi connectivity index (χ0n) is 22.8. The normalized spacial score (nSPS) is 12.8. The maximum atomic E-state index is 13.1. The van der Waals surface area contributed by atoms with Gasteiger partial charge in [0.2, 0.25) is 10.0 Å². The van der Waals surface area contributed by atoms with Crippen LogP contribution < -0.4 is 15.2 Å². The summed E-state index contributed by atoms with van der Waals surface area (Å²) in [6, 6.07) is 10.3. The van der Waals surface area contributed by atoms with Crippen LogP contribution in [0.3, 0.4) is 0 Å². The Morgan fingerprint density at radius 2 is 1.85 bits per heavy atom. The molecule has 0 saturated carbocycles. The van der Waals surface area contributed by atoms with Crippen LogP contribution in [0.15, 0.2) is 41.3 Å². The van der Waals surface area contributed by atoms with Gasteiger partial charge >= 0.3 is 12.1 Å². The first-order valence-corrected chi connectivity index (χ1v) is 13.8. The van der Waals surface area contributed by atoms with Gasteiger partial charge in [0.25, 0.3) is 5.91 Å². The lowest BCUT2D eigenvalue weighted by Gasteiger charge is -2.29. The van der Waals surface area contributed by atoms with Crippen LogP contribution in [0.25, 0.3) is 0 Å². The zero-order valence-corrected chi connectivity index (χ0v) is 23.6. The highest BCUT2D eigenvalue weighted by Gasteiger charge is 2.43. The van der Waals surface area contributed by atoms with Gasteiger partial charge in [-0.15, -0.1) is 0 Å². The summed E-state index contributed by atoms with van der Waals surface area (Å²) in [5, 5.41) is 28.1. The predicted molar refractivity (Wildman–Crippen MR) is 140 cm³/mol. The molecule has 4 N–H and O–H groups in total. The van der Waals surface area contributed by atoms with Gasteiger partial charge in [-0.1, -0.05) is 12.1 Å². The van der Waals surface area contributed by atoms with Crippen LogP contribution in [0.1, 0.15) is 47.8 Å². The summed E-state index contributed by atoms with van der Waals surface area (Å²) in [7, 11) is -4.30. The highest BCUT2D eigenvalue weighted by atomic mass is 32.2. The van der Waals surface area contributed by atoms with E-state index in [1.807, 2.05) is 13.0 Å². The van der Waals surface area contributed by atoms with Crippen LogP contribution in [0.5, 0.6) is 5.75 Å². The van der Waals surface area contributed by atoms with Crippen LogP contribution in [-0.2, 0) is 26.1 Å². The number of nitrogens with one attached hydrogen (secondary N) is 1. The summed E-state index contributed by atoms with van der Waals surface area (Å²) in [5.41, 5.74) is 0.153. The summed E-state index contributed by atoms with van der Waals surface area (Å²) in [6.45, 7) is 5.88. The number of carbonyl (C=O) groups is 2. The number of amides is 1. The number of hydroxylamine groups is 2. The number of nitrogens with two attached hydrogens (primary N) is 1. The maximum Gasteiger partial charge on any atom is 0.493 e. The van der Waals surface area contributed by atoms with Crippen LogP contribution in [0.2, 0.25) is 0 Å². The number of primary sulfonamides is 1. The first-order chi connectivity index (χ1) is 18.9. The highest BCUT2D eigenvalue weighted by molar-refractivity contribution is 7.89. The number of alkyl halides is 3. The number of sulfonamides is 1. The van der Waals surface area contributed by atoms with Gasteiger partial charge in [0, 0.05) is 17.6 Å². The molecule has 224 valence electrons. The second-order valence-electron chi connectivity index (χ2n) is 9.76. The molecule has 0 aliphatic heterocycles. The molecule has 0 aliphatic carbocycles. The Balaban J connectivity index is 2.23. The number of benzene rings is 2. The molecular formula is C26H31F3N4O7S. The van der Waals surface area contributed by atoms with Gasteiger partial charge in [0.05, 0.1) is 17.0 Å². The number of aliphatic hydroxyl groups excluding tert-OH is 1. The average molecular weight is 601 g/mol. The number of nitriles is 1. The van der Waals surface area contributed by atoms with Crippen molar-refractivity contribution >= 4 is 21.9 Å². The minimum Gasteiger partial charge on any atom is -0.489 e. The number of halogens is 3. The summed E-state index contributed by atoms with van der Waals surface area (Å²) < 4.78 is 67.6. The summed E-state index contributed by atoms with van der Waals surface area (Å²) >= 11 is 0. The number of ether oxygens (including phenoxy) is 1. The monoisotopic (exact) mass is 600 g/mol. The minimum absolute atomic E-state index is 0.00350. The lowest BCUT2D eigenvalue weighted by molar-refractivity contribution is -0.228. The molecule has 2 aromatic carbocycles. The standard InChI is InChI=1S/C26H31F3N4O7S/c1-5-33(40-24(36)26(27,28)29)23(35)21-11-20(41(31,37)38)9-8-17(21)12-25(3,4)32-14-19(34)15-39-22-10-16(2)6-7-18(22)13-30/h6-11,19,32,34H,5,12,14-15H2,1-4H3,(H2,31,37,38)/t19-/m0/s1. The van der Waals surface area contributed by atoms with Crippen LogP contribution in [0, 0.1) is 18.3 Å². The number of carbonyl (C=O) groups excluding carboxylic acids is 2. The third-order valence-corrected chi connectivity index (χ3v) is 6.63. The number of β-amino-alcohol motifs (C(OH)–C–C–N with tert-alkyl or cyclic N) is 1. The summed E-state index contributed by atoms with van der Waals surface area (Å²) in [5.74, 6) is -3.50. The lowest BCUT2D eigenvalue weighted by Crippen LogP contribution is -2.46. The SMILES string of the molecule is CCN(OC(=O)C(F)(F)F)C(=O)c1cc(S(N)(=O)=O)ccc1CC(C)(C)NC[C@H](O)COc1cc(C)ccc1C#N. The fourth-order valence-electron chi connectivity index (χ4n) is 3.64. The molecule has 2 rings (SSSR count). The molecule has 0 aliphatic rings. The topological polar surface area (TPSA) is 172 Å². The number of rotatable bonds is 11. The second-order valence-corrected chi connectivity index (χ2v) is 11.3. The van der Waals surface area contributed by atoms with Crippen molar-refractivity contribution in [3.63, 3.8) is 0 Å². The van der Waals surface area contributed by atoms with Gasteiger partial charge in [-0.2, -0.15) is 23.5 Å². The van der Waals surface area contributed by atoms with E-state index in [9.17, 15) is 41.5 Å². The Morgan fingerprint density at radius 1 is 1.20 bits per heavy atom. The molecule has 0 spiro atoms. The van der Waals surface area contributed by atoms with E-state index in [2.05, 4.69) is 10.2 Å². The van der Waals surface area contributed by atoms with E-state index in [0.29, 0.717) is 11.3 Å². The van der Waals surface area contributed by atoms with Gasteiger partial charge in [0.1, 0.15) is 24.5 Å². The quantitative estimate of drug-likeness (QED) is 0.327. The molecule has 0 bridgehead atoms. The minimum atomic E-state index is -5.37. The average Bonchev–Trinajstić information content (AvgIpc) is 2.87. The van der Waals surface area contributed by atoms with E-state index in [1.54, 1.807) is 32.0 Å². The van der Waals surface area contributed by atoms with Crippen LogP contribution >= 0.6 is 0 Å². The lowest BCUT2D eigenvalue weighted by atomic mass is 9.91. The Labute approximate surface area is 235 Å². The summed E-state index contributed by atoms with van der Waals surface area (Å²) in [6.07, 6.45) is -6.37. The van der Waals surface area contributed by atoms with E-state index in [1.165, 1.54) is 13.0 Å². The molecule has 0 aromatic heterocycles. The maximum absolute atomic E-state index is 13.1. The summed E-state index contributed by atoms with van der Waals surface area (Å²) in [4.78, 5) is 28.2.